The topological polar surface area (TPSA) is 32.3 Å². The Morgan fingerprint density at radius 3 is 2.38 bits per heavy atom. The highest BCUT2D eigenvalue weighted by atomic mass is 35.5. The Morgan fingerprint density at radius 1 is 1.00 bits per heavy atom. The summed E-state index contributed by atoms with van der Waals surface area (Å²) in [5, 5.41) is 3.73. The first kappa shape index (κ1) is 19.3. The lowest BCUT2D eigenvalue weighted by molar-refractivity contribution is 0.0956. The lowest BCUT2D eigenvalue weighted by atomic mass is 10.1. The molecule has 1 N–H and O–H groups in total. The number of rotatable bonds is 7. The summed E-state index contributed by atoms with van der Waals surface area (Å²) in [5.41, 5.74) is 2.01. The first-order valence-electron chi connectivity index (χ1n) is 9.18. The summed E-state index contributed by atoms with van der Waals surface area (Å²) < 4.78 is 0. The Hall–Kier alpha value is -1.49. The van der Waals surface area contributed by atoms with Crippen LogP contribution in [-0.2, 0) is 6.54 Å². The number of nitrogens with zero attached hydrogens (tertiary/aromatic N) is 1. The van der Waals surface area contributed by atoms with Crippen LogP contribution < -0.4 is 5.32 Å². The van der Waals surface area contributed by atoms with Crippen molar-refractivity contribution in [1.82, 2.24) is 10.2 Å². The van der Waals surface area contributed by atoms with Crippen LogP contribution in [0.1, 0.15) is 35.2 Å². The highest BCUT2D eigenvalue weighted by Crippen LogP contribution is 2.19. The van der Waals surface area contributed by atoms with Crippen LogP contribution in [-0.4, -0.2) is 36.2 Å². The number of benzene rings is 2. The zero-order valence-corrected chi connectivity index (χ0v) is 16.5. The van der Waals surface area contributed by atoms with Crippen LogP contribution >= 0.6 is 23.4 Å². The molecule has 1 amide bonds. The van der Waals surface area contributed by atoms with Gasteiger partial charge < -0.3 is 5.32 Å². The molecule has 1 saturated heterocycles. The van der Waals surface area contributed by atoms with E-state index in [1.54, 1.807) is 11.8 Å². The molecule has 2 aromatic rings. The summed E-state index contributed by atoms with van der Waals surface area (Å²) in [7, 11) is 0. The van der Waals surface area contributed by atoms with E-state index in [0.29, 0.717) is 6.54 Å². The van der Waals surface area contributed by atoms with Gasteiger partial charge >= 0.3 is 0 Å². The second-order valence-electron chi connectivity index (χ2n) is 6.59. The van der Waals surface area contributed by atoms with Crippen LogP contribution in [0.2, 0.25) is 5.02 Å². The molecule has 3 nitrogen and oxygen atoms in total. The third-order valence-corrected chi connectivity index (χ3v) is 5.81. The van der Waals surface area contributed by atoms with Gasteiger partial charge in [-0.25, -0.2) is 0 Å². The van der Waals surface area contributed by atoms with E-state index in [-0.39, 0.29) is 5.91 Å². The number of amides is 1. The fourth-order valence-electron chi connectivity index (χ4n) is 3.10. The standard InChI is InChI=1S/C21H25ClN2OS/c22-19-8-10-20(11-9-19)26-15-12-23-21(25)18-6-4-17(5-7-18)16-24-13-2-1-3-14-24/h4-11H,1-3,12-16H2,(H,23,25). The molecule has 1 fully saturated rings. The molecule has 0 bridgehead atoms. The average Bonchev–Trinajstić information content (AvgIpc) is 2.68. The van der Waals surface area contributed by atoms with Crippen LogP contribution in [0.5, 0.6) is 0 Å². The largest absolute Gasteiger partial charge is 0.351 e. The fraction of sp³-hybridized carbons (Fsp3) is 0.381. The minimum atomic E-state index is -0.00812. The van der Waals surface area contributed by atoms with Crippen molar-refractivity contribution in [2.75, 3.05) is 25.4 Å². The third kappa shape index (κ3) is 6.04. The molecule has 0 unspecified atom stereocenters. The molecule has 1 heterocycles. The van der Waals surface area contributed by atoms with E-state index >= 15 is 0 Å². The van der Waals surface area contributed by atoms with E-state index < -0.39 is 0 Å². The highest BCUT2D eigenvalue weighted by Gasteiger charge is 2.11. The molecule has 1 aliphatic heterocycles. The normalized spacial score (nSPS) is 15.0. The summed E-state index contributed by atoms with van der Waals surface area (Å²) >= 11 is 7.59. The molecular formula is C21H25ClN2OS. The van der Waals surface area contributed by atoms with Gasteiger partial charge in [0, 0.05) is 34.3 Å². The van der Waals surface area contributed by atoms with Gasteiger partial charge in [0.05, 0.1) is 0 Å². The number of carbonyl (C=O) groups is 1. The van der Waals surface area contributed by atoms with Crippen molar-refractivity contribution in [3.8, 4) is 0 Å². The SMILES string of the molecule is O=C(NCCSc1ccc(Cl)cc1)c1ccc(CN2CCCCC2)cc1. The Kier molecular flexibility index (Phi) is 7.42. The van der Waals surface area contributed by atoms with Crippen molar-refractivity contribution >= 4 is 29.3 Å². The molecule has 0 radical (unpaired) electrons. The quantitative estimate of drug-likeness (QED) is 0.543. The summed E-state index contributed by atoms with van der Waals surface area (Å²) in [6.07, 6.45) is 3.95. The summed E-state index contributed by atoms with van der Waals surface area (Å²) in [6.45, 7) is 4.00. The Labute approximate surface area is 165 Å². The monoisotopic (exact) mass is 388 g/mol. The van der Waals surface area contributed by atoms with Crippen LogP contribution in [0, 0.1) is 0 Å². The molecule has 1 aliphatic rings. The van der Waals surface area contributed by atoms with Crippen LogP contribution in [0.3, 0.4) is 0 Å². The van der Waals surface area contributed by atoms with Gasteiger partial charge in [0.15, 0.2) is 0 Å². The van der Waals surface area contributed by atoms with E-state index in [0.717, 1.165) is 27.8 Å². The van der Waals surface area contributed by atoms with Crippen molar-refractivity contribution in [3.63, 3.8) is 0 Å². The Morgan fingerprint density at radius 2 is 1.69 bits per heavy atom. The minimum absolute atomic E-state index is 0.00812. The first-order chi connectivity index (χ1) is 12.7. The van der Waals surface area contributed by atoms with E-state index in [9.17, 15) is 4.79 Å². The zero-order chi connectivity index (χ0) is 18.2. The maximum atomic E-state index is 12.3. The van der Waals surface area contributed by atoms with E-state index in [1.165, 1.54) is 37.9 Å². The van der Waals surface area contributed by atoms with Crippen LogP contribution in [0.4, 0.5) is 0 Å². The third-order valence-electron chi connectivity index (χ3n) is 4.54. The lowest BCUT2D eigenvalue weighted by Crippen LogP contribution is -2.29. The van der Waals surface area contributed by atoms with Gasteiger partial charge in [0.1, 0.15) is 0 Å². The second kappa shape index (κ2) is 10.0. The molecule has 0 atom stereocenters. The van der Waals surface area contributed by atoms with E-state index in [4.69, 9.17) is 11.6 Å². The summed E-state index contributed by atoms with van der Waals surface area (Å²) in [4.78, 5) is 15.9. The summed E-state index contributed by atoms with van der Waals surface area (Å²) in [5.74, 6) is 0.826. The summed E-state index contributed by atoms with van der Waals surface area (Å²) in [6, 6.07) is 15.8. The average molecular weight is 389 g/mol. The first-order valence-corrected chi connectivity index (χ1v) is 10.5. The molecule has 3 rings (SSSR count). The number of hydrogen-bond acceptors (Lipinski definition) is 3. The number of likely N-dealkylation sites (tertiary alicyclic amines) is 1. The molecule has 5 heteroatoms. The fourth-order valence-corrected chi connectivity index (χ4v) is 4.00. The van der Waals surface area contributed by atoms with Crippen molar-refractivity contribution in [2.45, 2.75) is 30.7 Å². The minimum Gasteiger partial charge on any atom is -0.351 e. The van der Waals surface area contributed by atoms with Crippen molar-refractivity contribution in [1.29, 1.82) is 0 Å². The van der Waals surface area contributed by atoms with Gasteiger partial charge in [-0.1, -0.05) is 30.2 Å². The molecule has 26 heavy (non-hydrogen) atoms. The maximum Gasteiger partial charge on any atom is 0.251 e. The van der Waals surface area contributed by atoms with Crippen molar-refractivity contribution in [3.05, 3.63) is 64.7 Å². The molecule has 138 valence electrons. The van der Waals surface area contributed by atoms with Gasteiger partial charge in [0.2, 0.25) is 0 Å². The predicted molar refractivity (Wildman–Crippen MR) is 110 cm³/mol. The number of thioether (sulfide) groups is 1. The number of nitrogens with one attached hydrogen (secondary N) is 1. The Bertz CT molecular complexity index is 697. The van der Waals surface area contributed by atoms with Gasteiger partial charge in [0.25, 0.3) is 5.91 Å². The second-order valence-corrected chi connectivity index (χ2v) is 8.20. The van der Waals surface area contributed by atoms with Gasteiger partial charge in [-0.05, 0) is 67.9 Å². The maximum absolute atomic E-state index is 12.3. The number of carbonyl (C=O) groups excluding carboxylic acids is 1. The molecular weight excluding hydrogens is 364 g/mol. The number of halogens is 1. The van der Waals surface area contributed by atoms with E-state index in [2.05, 4.69) is 22.3 Å². The van der Waals surface area contributed by atoms with Crippen LogP contribution in [0.25, 0.3) is 0 Å². The van der Waals surface area contributed by atoms with Crippen LogP contribution in [0.15, 0.2) is 53.4 Å². The molecule has 2 aromatic carbocycles. The van der Waals surface area contributed by atoms with Crippen molar-refractivity contribution < 1.29 is 4.79 Å². The number of hydrogen-bond donors (Lipinski definition) is 1. The molecule has 0 spiro atoms. The lowest BCUT2D eigenvalue weighted by Gasteiger charge is -2.26. The molecule has 0 aliphatic carbocycles. The van der Waals surface area contributed by atoms with Gasteiger partial charge in [-0.3, -0.25) is 9.69 Å². The van der Waals surface area contributed by atoms with E-state index in [1.807, 2.05) is 36.4 Å². The molecule has 0 saturated carbocycles. The van der Waals surface area contributed by atoms with Gasteiger partial charge in [-0.2, -0.15) is 0 Å². The highest BCUT2D eigenvalue weighted by molar-refractivity contribution is 7.99. The van der Waals surface area contributed by atoms with Gasteiger partial charge in [-0.15, -0.1) is 11.8 Å². The number of piperidine rings is 1. The zero-order valence-electron chi connectivity index (χ0n) is 14.9. The molecule has 0 aromatic heterocycles. The smallest absolute Gasteiger partial charge is 0.251 e. The predicted octanol–water partition coefficient (Wildman–Crippen LogP) is 4.85. The Balaban J connectivity index is 1.40. The van der Waals surface area contributed by atoms with Crippen molar-refractivity contribution in [2.24, 2.45) is 0 Å².